The van der Waals surface area contributed by atoms with Crippen LogP contribution in [0.2, 0.25) is 0 Å². The van der Waals surface area contributed by atoms with Gasteiger partial charge in [-0.05, 0) is 41.5 Å². The molecule has 8 heteroatoms. The Morgan fingerprint density at radius 2 is 1.70 bits per heavy atom. The molecule has 0 atom stereocenters. The number of carbonyl (C=O) groups is 1. The average molecular weight is 507 g/mol. The molecule has 0 radical (unpaired) electrons. The van der Waals surface area contributed by atoms with Gasteiger partial charge in [-0.25, -0.2) is 8.78 Å². The van der Waals surface area contributed by atoms with E-state index in [2.05, 4.69) is 0 Å². The van der Waals surface area contributed by atoms with Crippen molar-refractivity contribution in [2.75, 3.05) is 44.8 Å². The lowest BCUT2D eigenvalue weighted by Gasteiger charge is -2.20. The summed E-state index contributed by atoms with van der Waals surface area (Å²) < 4.78 is 43.9. The predicted molar refractivity (Wildman–Crippen MR) is 137 cm³/mol. The van der Waals surface area contributed by atoms with Crippen LogP contribution < -0.4 is 19.1 Å². The number of alkyl halides is 2. The molecule has 1 amide bonds. The van der Waals surface area contributed by atoms with Crippen molar-refractivity contribution in [3.63, 3.8) is 0 Å². The Labute approximate surface area is 214 Å². The summed E-state index contributed by atoms with van der Waals surface area (Å²) in [5.74, 6) is -1.08. The minimum atomic E-state index is -2.62. The second-order valence-corrected chi connectivity index (χ2v) is 9.04. The topological polar surface area (TPSA) is 51.2 Å². The maximum atomic E-state index is 13.4. The van der Waals surface area contributed by atoms with Crippen molar-refractivity contribution in [1.29, 1.82) is 0 Å². The van der Waals surface area contributed by atoms with E-state index >= 15 is 0 Å². The van der Waals surface area contributed by atoms with Crippen LogP contribution in [0.15, 0.2) is 84.6 Å². The molecule has 2 aliphatic heterocycles. The number of methoxy groups -OCH3 is 1. The van der Waals surface area contributed by atoms with E-state index in [4.69, 9.17) is 14.2 Å². The van der Waals surface area contributed by atoms with Gasteiger partial charge in [0.2, 0.25) is 0 Å². The van der Waals surface area contributed by atoms with Crippen molar-refractivity contribution in [2.24, 2.45) is 0 Å². The average Bonchev–Trinajstić information content (AvgIpc) is 3.45. The van der Waals surface area contributed by atoms with Gasteiger partial charge >= 0.3 is 0 Å². The lowest BCUT2D eigenvalue weighted by molar-refractivity contribution is -0.116. The molecule has 1 fully saturated rings. The van der Waals surface area contributed by atoms with E-state index in [0.29, 0.717) is 42.6 Å². The van der Waals surface area contributed by atoms with E-state index in [0.717, 1.165) is 11.1 Å². The van der Waals surface area contributed by atoms with Crippen LogP contribution in [0.5, 0.6) is 17.2 Å². The fourth-order valence-corrected chi connectivity index (χ4v) is 4.48. The van der Waals surface area contributed by atoms with Gasteiger partial charge < -0.3 is 19.1 Å². The van der Waals surface area contributed by atoms with Gasteiger partial charge in [0.15, 0.2) is 17.3 Å². The number of halogens is 2. The molecule has 5 rings (SSSR count). The highest BCUT2D eigenvalue weighted by Crippen LogP contribution is 2.34. The summed E-state index contributed by atoms with van der Waals surface area (Å²) in [6, 6.07) is 22.9. The fraction of sp³-hybridized carbons (Fsp3) is 0.276. The van der Waals surface area contributed by atoms with Crippen molar-refractivity contribution >= 4 is 11.6 Å². The van der Waals surface area contributed by atoms with E-state index in [9.17, 15) is 13.6 Å². The number of anilines is 1. The highest BCUT2D eigenvalue weighted by Gasteiger charge is 2.37. The number of carbonyl (C=O) groups excluding carboxylic acids is 1. The molecule has 3 aromatic rings. The quantitative estimate of drug-likeness (QED) is 0.390. The van der Waals surface area contributed by atoms with Gasteiger partial charge in [0.05, 0.1) is 13.7 Å². The Hall–Kier alpha value is -3.91. The zero-order chi connectivity index (χ0) is 25.8. The highest BCUT2D eigenvalue weighted by atomic mass is 19.3. The van der Waals surface area contributed by atoms with Crippen LogP contribution in [0.25, 0.3) is 11.1 Å². The van der Waals surface area contributed by atoms with E-state index in [1.165, 1.54) is 7.11 Å². The van der Waals surface area contributed by atoms with Gasteiger partial charge in [0.1, 0.15) is 12.4 Å². The number of likely N-dealkylation sites (tertiary alicyclic amines) is 1. The summed E-state index contributed by atoms with van der Waals surface area (Å²) in [6.45, 7) is 1.15. The number of rotatable bonds is 9. The minimum absolute atomic E-state index is 0.117. The third-order valence-corrected chi connectivity index (χ3v) is 6.48. The molecule has 3 aromatic carbocycles. The maximum Gasteiger partial charge on any atom is 0.294 e. The van der Waals surface area contributed by atoms with Crippen LogP contribution in [-0.4, -0.2) is 56.6 Å². The number of benzene rings is 3. The molecular weight excluding hydrogens is 478 g/mol. The van der Waals surface area contributed by atoms with Crippen LogP contribution in [0, 0.1) is 0 Å². The van der Waals surface area contributed by atoms with Crippen LogP contribution in [0.3, 0.4) is 0 Å². The number of hydrogen-bond donors (Lipinski definition) is 0. The molecule has 0 saturated carbocycles. The zero-order valence-electron chi connectivity index (χ0n) is 20.5. The Morgan fingerprint density at radius 1 is 0.946 bits per heavy atom. The SMILES string of the molecule is COc1cc(N2CC=C(Oc3ccc(-c4ccccc4)cc3)C2=O)ccc1OCCN1CCC(F)(F)C1. The Balaban J connectivity index is 1.18. The van der Waals surface area contributed by atoms with Crippen molar-refractivity contribution in [2.45, 2.75) is 12.3 Å². The first-order chi connectivity index (χ1) is 17.9. The zero-order valence-corrected chi connectivity index (χ0v) is 20.5. The van der Waals surface area contributed by atoms with Crippen LogP contribution in [0.1, 0.15) is 6.42 Å². The van der Waals surface area contributed by atoms with Gasteiger partial charge in [0, 0.05) is 37.8 Å². The molecule has 0 aliphatic carbocycles. The summed E-state index contributed by atoms with van der Waals surface area (Å²) in [6.07, 6.45) is 1.63. The second-order valence-electron chi connectivity index (χ2n) is 9.04. The van der Waals surface area contributed by atoms with Gasteiger partial charge in [-0.3, -0.25) is 9.69 Å². The Kier molecular flexibility index (Phi) is 7.10. The molecule has 0 bridgehead atoms. The lowest BCUT2D eigenvalue weighted by Crippen LogP contribution is -2.29. The molecule has 1 saturated heterocycles. The van der Waals surface area contributed by atoms with E-state index < -0.39 is 5.92 Å². The van der Waals surface area contributed by atoms with Gasteiger partial charge in [-0.2, -0.15) is 0 Å². The predicted octanol–water partition coefficient (Wildman–Crippen LogP) is 5.39. The number of hydrogen-bond acceptors (Lipinski definition) is 5. The minimum Gasteiger partial charge on any atom is -0.493 e. The largest absolute Gasteiger partial charge is 0.493 e. The molecule has 6 nitrogen and oxygen atoms in total. The molecule has 0 aromatic heterocycles. The summed E-state index contributed by atoms with van der Waals surface area (Å²) in [5.41, 5.74) is 2.81. The van der Waals surface area contributed by atoms with Crippen molar-refractivity contribution < 1.29 is 27.8 Å². The molecule has 2 aliphatic rings. The van der Waals surface area contributed by atoms with E-state index in [-0.39, 0.29) is 31.2 Å². The summed E-state index contributed by atoms with van der Waals surface area (Å²) >= 11 is 0. The second kappa shape index (κ2) is 10.6. The smallest absolute Gasteiger partial charge is 0.294 e. The first kappa shape index (κ1) is 24.8. The fourth-order valence-electron chi connectivity index (χ4n) is 4.48. The maximum absolute atomic E-state index is 13.4. The van der Waals surface area contributed by atoms with E-state index in [1.54, 1.807) is 34.1 Å². The van der Waals surface area contributed by atoms with E-state index in [1.807, 2.05) is 54.6 Å². The first-order valence-electron chi connectivity index (χ1n) is 12.2. The monoisotopic (exact) mass is 506 g/mol. The first-order valence-corrected chi connectivity index (χ1v) is 12.2. The van der Waals surface area contributed by atoms with Crippen molar-refractivity contribution in [1.82, 2.24) is 4.90 Å². The summed E-state index contributed by atoms with van der Waals surface area (Å²) in [5, 5.41) is 0. The van der Waals surface area contributed by atoms with Crippen molar-refractivity contribution in [3.8, 4) is 28.4 Å². The molecule has 192 valence electrons. The molecule has 0 unspecified atom stereocenters. The number of ether oxygens (including phenoxy) is 3. The summed E-state index contributed by atoms with van der Waals surface area (Å²) in [7, 11) is 1.52. The Morgan fingerprint density at radius 3 is 2.41 bits per heavy atom. The number of amides is 1. The van der Waals surface area contributed by atoms with Crippen LogP contribution in [-0.2, 0) is 4.79 Å². The molecule has 0 N–H and O–H groups in total. The van der Waals surface area contributed by atoms with Crippen molar-refractivity contribution in [3.05, 3.63) is 84.6 Å². The van der Waals surface area contributed by atoms with Gasteiger partial charge in [0.25, 0.3) is 11.8 Å². The van der Waals surface area contributed by atoms with Crippen LogP contribution in [0.4, 0.5) is 14.5 Å². The number of nitrogens with zero attached hydrogens (tertiary/aromatic N) is 2. The molecular formula is C29H28F2N2O4. The highest BCUT2D eigenvalue weighted by molar-refractivity contribution is 6.07. The molecule has 37 heavy (non-hydrogen) atoms. The van der Waals surface area contributed by atoms with Crippen LogP contribution >= 0.6 is 0 Å². The normalized spacial score (nSPS) is 17.1. The van der Waals surface area contributed by atoms with Gasteiger partial charge in [-0.1, -0.05) is 42.5 Å². The molecule has 2 heterocycles. The standard InChI is InChI=1S/C29H28F2N2O4/c1-35-27-19-23(9-12-25(27)36-18-17-32-16-14-29(30,31)20-32)33-15-13-26(28(33)34)37-24-10-7-22(8-11-24)21-5-3-2-4-6-21/h2-13,19H,14-18,20H2,1H3. The van der Waals surface area contributed by atoms with Gasteiger partial charge in [-0.15, -0.1) is 0 Å². The third-order valence-electron chi connectivity index (χ3n) is 6.48. The lowest BCUT2D eigenvalue weighted by atomic mass is 10.1. The Bertz CT molecular complexity index is 1280. The molecule has 0 spiro atoms. The third kappa shape index (κ3) is 5.75. The summed E-state index contributed by atoms with van der Waals surface area (Å²) in [4.78, 5) is 16.3.